The number of thioether (sulfide) groups is 1. The summed E-state index contributed by atoms with van der Waals surface area (Å²) in [4.78, 5) is 12.6. The third kappa shape index (κ3) is 4.40. The molecule has 0 radical (unpaired) electrons. The quantitative estimate of drug-likeness (QED) is 0.586. The van der Waals surface area contributed by atoms with Crippen molar-refractivity contribution in [1.29, 1.82) is 0 Å². The molecular formula is C16H20N4O3S2. The lowest BCUT2D eigenvalue weighted by Crippen LogP contribution is -2.15. The molecular weight excluding hydrogens is 360 g/mol. The van der Waals surface area contributed by atoms with E-state index in [0.717, 1.165) is 30.1 Å². The molecule has 9 heteroatoms. The van der Waals surface area contributed by atoms with E-state index < -0.39 is 10.0 Å². The average molecular weight is 380 g/mol. The standard InChI is InChI=1S/C16H20N4O3S2/c1-10(24-16-18-17-15(20(16)2)12-4-5-12)14(21)11-6-8-13(9-7-11)19-25(3,22)23/h6-10,12,19H,4-5H2,1-3H3/t10-/m0/s1. The molecule has 1 aromatic heterocycles. The number of sulfonamides is 1. The van der Waals surface area contributed by atoms with Gasteiger partial charge in [0, 0.05) is 24.2 Å². The van der Waals surface area contributed by atoms with Crippen molar-refractivity contribution >= 4 is 33.3 Å². The van der Waals surface area contributed by atoms with Crippen molar-refractivity contribution in [3.05, 3.63) is 35.7 Å². The lowest BCUT2D eigenvalue weighted by atomic mass is 10.1. The molecule has 0 spiro atoms. The van der Waals surface area contributed by atoms with Crippen LogP contribution in [0.2, 0.25) is 0 Å². The topological polar surface area (TPSA) is 93.9 Å². The van der Waals surface area contributed by atoms with Crippen LogP contribution in [-0.4, -0.2) is 40.5 Å². The van der Waals surface area contributed by atoms with Crippen molar-refractivity contribution in [2.24, 2.45) is 7.05 Å². The number of nitrogens with one attached hydrogen (secondary N) is 1. The minimum Gasteiger partial charge on any atom is -0.309 e. The molecule has 1 aromatic carbocycles. The van der Waals surface area contributed by atoms with Crippen LogP contribution in [0.3, 0.4) is 0 Å². The summed E-state index contributed by atoms with van der Waals surface area (Å²) >= 11 is 1.38. The number of benzene rings is 1. The van der Waals surface area contributed by atoms with Crippen LogP contribution in [0.5, 0.6) is 0 Å². The van der Waals surface area contributed by atoms with Gasteiger partial charge in [-0.05, 0) is 44.0 Å². The zero-order valence-electron chi connectivity index (χ0n) is 14.3. The van der Waals surface area contributed by atoms with Gasteiger partial charge in [-0.15, -0.1) is 10.2 Å². The maximum atomic E-state index is 12.6. The van der Waals surface area contributed by atoms with Gasteiger partial charge in [0.15, 0.2) is 10.9 Å². The highest BCUT2D eigenvalue weighted by atomic mass is 32.2. The van der Waals surface area contributed by atoms with Gasteiger partial charge in [0.05, 0.1) is 11.5 Å². The van der Waals surface area contributed by atoms with Crippen molar-refractivity contribution < 1.29 is 13.2 Å². The Morgan fingerprint density at radius 2 is 1.92 bits per heavy atom. The second kappa shape index (κ2) is 6.80. The normalized spacial score (nSPS) is 15.8. The predicted octanol–water partition coefficient (Wildman–Crippen LogP) is 2.43. The van der Waals surface area contributed by atoms with Gasteiger partial charge in [0.1, 0.15) is 5.82 Å². The molecule has 0 bridgehead atoms. The third-order valence-electron chi connectivity index (χ3n) is 3.94. The Kier molecular flexibility index (Phi) is 4.88. The largest absolute Gasteiger partial charge is 0.309 e. The number of rotatable bonds is 7. The Labute approximate surface area is 151 Å². The number of carbonyl (C=O) groups excluding carboxylic acids is 1. The van der Waals surface area contributed by atoms with Gasteiger partial charge in [-0.1, -0.05) is 11.8 Å². The molecule has 134 valence electrons. The Bertz CT molecular complexity index is 887. The van der Waals surface area contributed by atoms with Crippen LogP contribution >= 0.6 is 11.8 Å². The number of anilines is 1. The molecule has 1 fully saturated rings. The number of hydrogen-bond donors (Lipinski definition) is 1. The van der Waals surface area contributed by atoms with E-state index in [1.807, 2.05) is 18.5 Å². The first kappa shape index (κ1) is 17.9. The Hall–Kier alpha value is -1.87. The fourth-order valence-electron chi connectivity index (χ4n) is 2.49. The van der Waals surface area contributed by atoms with E-state index in [0.29, 0.717) is 17.2 Å². The second-order valence-corrected chi connectivity index (χ2v) is 9.31. The molecule has 0 unspecified atom stereocenters. The van der Waals surface area contributed by atoms with Gasteiger partial charge in [0.2, 0.25) is 10.0 Å². The van der Waals surface area contributed by atoms with E-state index >= 15 is 0 Å². The molecule has 1 heterocycles. The summed E-state index contributed by atoms with van der Waals surface area (Å²) in [5, 5.41) is 8.84. The number of aromatic nitrogens is 3. The summed E-state index contributed by atoms with van der Waals surface area (Å²) in [6.07, 6.45) is 3.39. The van der Waals surface area contributed by atoms with Gasteiger partial charge < -0.3 is 4.57 Å². The molecule has 3 rings (SSSR count). The number of ketones is 1. The highest BCUT2D eigenvalue weighted by molar-refractivity contribution is 8.00. The highest BCUT2D eigenvalue weighted by Crippen LogP contribution is 2.39. The number of hydrogen-bond acceptors (Lipinski definition) is 6. The first-order valence-corrected chi connectivity index (χ1v) is 10.7. The van der Waals surface area contributed by atoms with Crippen LogP contribution in [0.4, 0.5) is 5.69 Å². The minimum absolute atomic E-state index is 0.0353. The van der Waals surface area contributed by atoms with Crippen molar-refractivity contribution in [1.82, 2.24) is 14.8 Å². The average Bonchev–Trinajstić information content (AvgIpc) is 3.31. The lowest BCUT2D eigenvalue weighted by molar-refractivity contribution is 0.0994. The van der Waals surface area contributed by atoms with E-state index in [-0.39, 0.29) is 11.0 Å². The molecule has 1 aliphatic rings. The Morgan fingerprint density at radius 3 is 2.48 bits per heavy atom. The van der Waals surface area contributed by atoms with E-state index in [2.05, 4.69) is 14.9 Å². The maximum Gasteiger partial charge on any atom is 0.229 e. The van der Waals surface area contributed by atoms with Crippen LogP contribution in [0, 0.1) is 0 Å². The van der Waals surface area contributed by atoms with Gasteiger partial charge in [0.25, 0.3) is 0 Å². The second-order valence-electron chi connectivity index (χ2n) is 6.25. The van der Waals surface area contributed by atoms with Gasteiger partial charge >= 0.3 is 0 Å². The monoisotopic (exact) mass is 380 g/mol. The summed E-state index contributed by atoms with van der Waals surface area (Å²) < 4.78 is 26.8. The Balaban J connectivity index is 1.67. The van der Waals surface area contributed by atoms with Crippen molar-refractivity contribution in [3.63, 3.8) is 0 Å². The molecule has 1 aliphatic carbocycles. The molecule has 1 atom stereocenters. The molecule has 7 nitrogen and oxygen atoms in total. The van der Waals surface area contributed by atoms with Gasteiger partial charge in [-0.3, -0.25) is 9.52 Å². The van der Waals surface area contributed by atoms with E-state index in [9.17, 15) is 13.2 Å². The molecule has 0 saturated heterocycles. The van der Waals surface area contributed by atoms with Crippen LogP contribution in [0.15, 0.2) is 29.4 Å². The summed E-state index contributed by atoms with van der Waals surface area (Å²) in [5.41, 5.74) is 0.963. The minimum atomic E-state index is -3.33. The fourth-order valence-corrected chi connectivity index (χ4v) is 3.95. The van der Waals surface area contributed by atoms with Gasteiger partial charge in [-0.2, -0.15) is 0 Å². The van der Waals surface area contributed by atoms with Crippen LogP contribution in [-0.2, 0) is 17.1 Å². The van der Waals surface area contributed by atoms with E-state index in [4.69, 9.17) is 0 Å². The predicted molar refractivity (Wildman–Crippen MR) is 97.5 cm³/mol. The molecule has 0 amide bonds. The molecule has 1 saturated carbocycles. The smallest absolute Gasteiger partial charge is 0.229 e. The first-order chi connectivity index (χ1) is 11.7. The first-order valence-electron chi connectivity index (χ1n) is 7.92. The fraction of sp³-hybridized carbons (Fsp3) is 0.438. The lowest BCUT2D eigenvalue weighted by Gasteiger charge is -2.11. The summed E-state index contributed by atoms with van der Waals surface area (Å²) in [6, 6.07) is 6.41. The summed E-state index contributed by atoms with van der Waals surface area (Å²) in [6.45, 7) is 1.83. The number of Topliss-reactive ketones (excluding diaryl/α,β-unsaturated/α-hetero) is 1. The third-order valence-corrected chi connectivity index (χ3v) is 5.68. The van der Waals surface area contributed by atoms with Crippen LogP contribution < -0.4 is 4.72 Å². The van der Waals surface area contributed by atoms with Crippen LogP contribution in [0.25, 0.3) is 0 Å². The Morgan fingerprint density at radius 1 is 1.28 bits per heavy atom. The molecule has 2 aromatic rings. The summed E-state index contributed by atoms with van der Waals surface area (Å²) in [5.74, 6) is 1.46. The molecule has 25 heavy (non-hydrogen) atoms. The number of nitrogens with zero attached hydrogens (tertiary/aromatic N) is 3. The van der Waals surface area contributed by atoms with Crippen molar-refractivity contribution in [3.8, 4) is 0 Å². The SMILES string of the molecule is C[C@H](Sc1nnc(C2CC2)n1C)C(=O)c1ccc(NS(C)(=O)=O)cc1. The van der Waals surface area contributed by atoms with Crippen molar-refractivity contribution in [2.45, 2.75) is 36.1 Å². The summed E-state index contributed by atoms with van der Waals surface area (Å²) in [7, 11) is -1.40. The van der Waals surface area contributed by atoms with Crippen molar-refractivity contribution in [2.75, 3.05) is 11.0 Å². The van der Waals surface area contributed by atoms with Crippen LogP contribution in [0.1, 0.15) is 41.9 Å². The number of carbonyl (C=O) groups is 1. The highest BCUT2D eigenvalue weighted by Gasteiger charge is 2.30. The van der Waals surface area contributed by atoms with E-state index in [1.165, 1.54) is 11.8 Å². The van der Waals surface area contributed by atoms with E-state index in [1.54, 1.807) is 24.3 Å². The van der Waals surface area contributed by atoms with Gasteiger partial charge in [-0.25, -0.2) is 8.42 Å². The zero-order chi connectivity index (χ0) is 18.2. The maximum absolute atomic E-state index is 12.6. The molecule has 0 aliphatic heterocycles. The zero-order valence-corrected chi connectivity index (χ0v) is 15.9. The molecule has 1 N–H and O–H groups in total.